The van der Waals surface area contributed by atoms with Gasteiger partial charge in [0.15, 0.2) is 0 Å². The molecule has 0 fully saturated rings. The Labute approximate surface area is 122 Å². The number of nitrogens with one attached hydrogen (secondary N) is 2. The molecule has 0 aliphatic carbocycles. The third-order valence-electron chi connectivity index (χ3n) is 3.16. The molecule has 1 aromatic rings. The Hall–Kier alpha value is -1.69. The maximum absolute atomic E-state index is 11.6. The molecule has 2 amide bonds. The van der Waals surface area contributed by atoms with Gasteiger partial charge in [0, 0.05) is 18.3 Å². The van der Waals surface area contributed by atoms with E-state index in [-0.39, 0.29) is 24.2 Å². The number of carboxylic acids is 1. The quantitative estimate of drug-likeness (QED) is 0.773. The summed E-state index contributed by atoms with van der Waals surface area (Å²) in [5.74, 6) is 0.145. The number of aliphatic carboxylic acids is 1. The van der Waals surface area contributed by atoms with Gasteiger partial charge in [-0.25, -0.2) is 4.79 Å². The number of aryl methyl sites for hydroxylation is 1. The van der Waals surface area contributed by atoms with Gasteiger partial charge in [0.25, 0.3) is 0 Å². The van der Waals surface area contributed by atoms with Crippen LogP contribution in [0.4, 0.5) is 4.79 Å². The van der Waals surface area contributed by atoms with Crippen LogP contribution in [0.15, 0.2) is 24.3 Å². The standard InChI is InChI=1S/C14H18N2O3S/c17-13(18)5-7-15-14(19)16-9-12-11-4-2-1-3-10(11)6-8-20-12/h1-4,12H,5-9H2,(H,17,18)(H2,15,16,19). The van der Waals surface area contributed by atoms with E-state index in [9.17, 15) is 9.59 Å². The van der Waals surface area contributed by atoms with Gasteiger partial charge in [-0.1, -0.05) is 24.3 Å². The lowest BCUT2D eigenvalue weighted by molar-refractivity contribution is -0.136. The van der Waals surface area contributed by atoms with E-state index >= 15 is 0 Å². The molecule has 0 radical (unpaired) electrons. The van der Waals surface area contributed by atoms with Crippen LogP contribution >= 0.6 is 11.8 Å². The van der Waals surface area contributed by atoms with Crippen LogP contribution in [-0.2, 0) is 11.2 Å². The number of carbonyl (C=O) groups excluding carboxylic acids is 1. The molecule has 3 N–H and O–H groups in total. The van der Waals surface area contributed by atoms with Crippen molar-refractivity contribution >= 4 is 23.8 Å². The lowest BCUT2D eigenvalue weighted by Gasteiger charge is -2.25. The second kappa shape index (κ2) is 7.19. The Bertz CT molecular complexity index is 493. The van der Waals surface area contributed by atoms with Crippen LogP contribution in [0.3, 0.4) is 0 Å². The SMILES string of the molecule is O=C(O)CCNC(=O)NCC1SCCc2ccccc21. The lowest BCUT2D eigenvalue weighted by Crippen LogP contribution is -2.38. The van der Waals surface area contributed by atoms with Crippen LogP contribution in [0.2, 0.25) is 0 Å². The minimum absolute atomic E-state index is 0.0611. The fourth-order valence-electron chi connectivity index (χ4n) is 2.18. The average molecular weight is 294 g/mol. The number of thioether (sulfide) groups is 1. The number of benzene rings is 1. The fourth-order valence-corrected chi connectivity index (χ4v) is 3.41. The maximum atomic E-state index is 11.6. The second-order valence-electron chi connectivity index (χ2n) is 4.59. The Balaban J connectivity index is 1.80. The van der Waals surface area contributed by atoms with Crippen molar-refractivity contribution in [1.82, 2.24) is 10.6 Å². The normalized spacial score (nSPS) is 17.1. The molecule has 1 unspecified atom stereocenters. The van der Waals surface area contributed by atoms with Crippen LogP contribution in [0.1, 0.15) is 22.8 Å². The molecule has 1 aliphatic rings. The molecule has 0 saturated carbocycles. The zero-order valence-corrected chi connectivity index (χ0v) is 11.9. The van der Waals surface area contributed by atoms with Gasteiger partial charge in [-0.15, -0.1) is 0 Å². The number of carboxylic acid groups (broad SMARTS) is 1. The second-order valence-corrected chi connectivity index (χ2v) is 5.90. The van der Waals surface area contributed by atoms with Crippen molar-refractivity contribution in [3.05, 3.63) is 35.4 Å². The first kappa shape index (κ1) is 14.7. The third-order valence-corrected chi connectivity index (χ3v) is 4.43. The smallest absolute Gasteiger partial charge is 0.314 e. The Morgan fingerprint density at radius 3 is 2.90 bits per heavy atom. The van der Waals surface area contributed by atoms with Crippen LogP contribution in [0.25, 0.3) is 0 Å². The first-order valence-electron chi connectivity index (χ1n) is 6.59. The molecule has 108 valence electrons. The number of fused-ring (bicyclic) bond motifs is 1. The van der Waals surface area contributed by atoms with Crippen molar-refractivity contribution in [2.75, 3.05) is 18.8 Å². The van der Waals surface area contributed by atoms with Crippen molar-refractivity contribution in [2.45, 2.75) is 18.1 Å². The van der Waals surface area contributed by atoms with E-state index in [1.807, 2.05) is 23.9 Å². The molecule has 0 aromatic heterocycles. The van der Waals surface area contributed by atoms with Gasteiger partial charge in [-0.3, -0.25) is 4.79 Å². The van der Waals surface area contributed by atoms with E-state index in [4.69, 9.17) is 5.11 Å². The number of urea groups is 1. The zero-order chi connectivity index (χ0) is 14.4. The summed E-state index contributed by atoms with van der Waals surface area (Å²) in [7, 11) is 0. The van der Waals surface area contributed by atoms with Crippen LogP contribution in [-0.4, -0.2) is 35.9 Å². The summed E-state index contributed by atoms with van der Waals surface area (Å²) < 4.78 is 0. The maximum Gasteiger partial charge on any atom is 0.314 e. The minimum Gasteiger partial charge on any atom is -0.481 e. The highest BCUT2D eigenvalue weighted by Crippen LogP contribution is 2.35. The Morgan fingerprint density at radius 2 is 2.10 bits per heavy atom. The molecule has 1 heterocycles. The third kappa shape index (κ3) is 4.16. The van der Waals surface area contributed by atoms with Crippen molar-refractivity contribution in [3.8, 4) is 0 Å². The molecular formula is C14H18N2O3S. The first-order chi connectivity index (χ1) is 9.66. The monoisotopic (exact) mass is 294 g/mol. The molecule has 0 bridgehead atoms. The van der Waals surface area contributed by atoms with Gasteiger partial charge in [0.1, 0.15) is 0 Å². The highest BCUT2D eigenvalue weighted by atomic mass is 32.2. The van der Waals surface area contributed by atoms with Crippen molar-refractivity contribution in [3.63, 3.8) is 0 Å². The van der Waals surface area contributed by atoms with E-state index in [1.165, 1.54) is 11.1 Å². The molecule has 0 saturated heterocycles. The number of hydrogen-bond donors (Lipinski definition) is 3. The number of rotatable bonds is 5. The summed E-state index contributed by atoms with van der Waals surface area (Å²) in [5.41, 5.74) is 2.64. The highest BCUT2D eigenvalue weighted by Gasteiger charge is 2.20. The largest absolute Gasteiger partial charge is 0.481 e. The Kier molecular flexibility index (Phi) is 5.29. The van der Waals surface area contributed by atoms with Gasteiger partial charge >= 0.3 is 12.0 Å². The Morgan fingerprint density at radius 1 is 1.30 bits per heavy atom. The molecule has 20 heavy (non-hydrogen) atoms. The minimum atomic E-state index is -0.915. The predicted molar refractivity (Wildman–Crippen MR) is 79.0 cm³/mol. The van der Waals surface area contributed by atoms with Gasteiger partial charge < -0.3 is 15.7 Å². The highest BCUT2D eigenvalue weighted by molar-refractivity contribution is 7.99. The van der Waals surface area contributed by atoms with Crippen LogP contribution in [0, 0.1) is 0 Å². The number of hydrogen-bond acceptors (Lipinski definition) is 3. The molecule has 6 heteroatoms. The van der Waals surface area contributed by atoms with Gasteiger partial charge in [-0.2, -0.15) is 11.8 Å². The number of amides is 2. The first-order valence-corrected chi connectivity index (χ1v) is 7.64. The van der Waals surface area contributed by atoms with E-state index < -0.39 is 5.97 Å². The summed E-state index contributed by atoms with van der Waals surface area (Å²) in [6.45, 7) is 0.705. The average Bonchev–Trinajstić information content (AvgIpc) is 2.44. The van der Waals surface area contributed by atoms with Crippen LogP contribution in [0.5, 0.6) is 0 Å². The fraction of sp³-hybridized carbons (Fsp3) is 0.429. The molecule has 0 spiro atoms. The van der Waals surface area contributed by atoms with Crippen molar-refractivity contribution in [2.24, 2.45) is 0 Å². The molecule has 5 nitrogen and oxygen atoms in total. The summed E-state index contributed by atoms with van der Waals surface area (Å²) >= 11 is 1.84. The summed E-state index contributed by atoms with van der Waals surface area (Å²) in [5, 5.41) is 14.1. The molecular weight excluding hydrogens is 276 g/mol. The molecule has 1 aromatic carbocycles. The van der Waals surface area contributed by atoms with E-state index in [0.29, 0.717) is 6.54 Å². The number of carbonyl (C=O) groups is 2. The van der Waals surface area contributed by atoms with E-state index in [0.717, 1.165) is 12.2 Å². The molecule has 2 rings (SSSR count). The lowest BCUT2D eigenvalue weighted by atomic mass is 10.0. The van der Waals surface area contributed by atoms with Crippen molar-refractivity contribution < 1.29 is 14.7 Å². The van der Waals surface area contributed by atoms with Gasteiger partial charge in [-0.05, 0) is 23.3 Å². The van der Waals surface area contributed by atoms with Crippen LogP contribution < -0.4 is 10.6 Å². The zero-order valence-electron chi connectivity index (χ0n) is 11.1. The van der Waals surface area contributed by atoms with Gasteiger partial charge in [0.2, 0.25) is 0 Å². The molecule has 1 atom stereocenters. The van der Waals surface area contributed by atoms with Crippen molar-refractivity contribution in [1.29, 1.82) is 0 Å². The molecule has 1 aliphatic heterocycles. The van der Waals surface area contributed by atoms with E-state index in [1.54, 1.807) is 0 Å². The summed E-state index contributed by atoms with van der Waals surface area (Å²) in [6.07, 6.45) is 1.01. The predicted octanol–water partition coefficient (Wildman–Crippen LogP) is 1.79. The summed E-state index contributed by atoms with van der Waals surface area (Å²) in [6, 6.07) is 7.99. The van der Waals surface area contributed by atoms with Gasteiger partial charge in [0.05, 0.1) is 6.42 Å². The van der Waals surface area contributed by atoms with E-state index in [2.05, 4.69) is 22.8 Å². The topological polar surface area (TPSA) is 78.4 Å². The summed E-state index contributed by atoms with van der Waals surface area (Å²) in [4.78, 5) is 21.9.